The van der Waals surface area contributed by atoms with Gasteiger partial charge in [-0.2, -0.15) is 0 Å². The zero-order valence-corrected chi connectivity index (χ0v) is 36.9. The van der Waals surface area contributed by atoms with Gasteiger partial charge in [0.2, 0.25) is 0 Å². The standard InChI is InChI=1S/2C22H41NO2.Ca/c2*1-5-7-9-11-13-15-17-20(3)23(19-22(24)25)21(4)18-16-14-12-10-8-6-2;/h2*11-14,20-21H,5-10,15-19H2,1-4H3,(H,24,25);/q;;+2/p-2/b2*13-11+,14-12+;. The fourth-order valence-corrected chi connectivity index (χ4v) is 6.03. The molecule has 0 heterocycles. The maximum atomic E-state index is 11.1. The van der Waals surface area contributed by atoms with Gasteiger partial charge in [0.15, 0.2) is 0 Å². The number of carboxylic acid groups (broad SMARTS) is 2. The van der Waals surface area contributed by atoms with Crippen molar-refractivity contribution in [3.8, 4) is 0 Å². The predicted molar refractivity (Wildman–Crippen MR) is 219 cm³/mol. The average Bonchev–Trinajstić information content (AvgIpc) is 3.08. The van der Waals surface area contributed by atoms with Crippen LogP contribution >= 0.6 is 0 Å². The molecular formula is C44H80CaN2O4. The van der Waals surface area contributed by atoms with Crippen molar-refractivity contribution in [1.29, 1.82) is 0 Å². The van der Waals surface area contributed by atoms with Crippen molar-refractivity contribution in [1.82, 2.24) is 9.80 Å². The molecule has 0 fully saturated rings. The first-order valence-electron chi connectivity index (χ1n) is 20.6. The summed E-state index contributed by atoms with van der Waals surface area (Å²) in [7, 11) is 0. The molecule has 0 aromatic rings. The number of allylic oxidation sites excluding steroid dienone is 8. The fraction of sp³-hybridized carbons (Fsp3) is 0.773. The molecule has 51 heavy (non-hydrogen) atoms. The number of rotatable bonds is 32. The normalized spacial score (nSPS) is 14.3. The van der Waals surface area contributed by atoms with Crippen LogP contribution in [0.5, 0.6) is 0 Å². The topological polar surface area (TPSA) is 86.7 Å². The Morgan fingerprint density at radius 1 is 0.431 bits per heavy atom. The number of carbonyl (C=O) groups is 2. The minimum atomic E-state index is -0.976. The molecule has 4 unspecified atom stereocenters. The molecule has 0 aliphatic rings. The van der Waals surface area contributed by atoms with Crippen molar-refractivity contribution >= 4 is 49.7 Å². The average molecular weight is 741 g/mol. The third kappa shape index (κ3) is 35.9. The summed E-state index contributed by atoms with van der Waals surface area (Å²) in [6.45, 7) is 17.4. The second kappa shape index (κ2) is 40.3. The van der Waals surface area contributed by atoms with Gasteiger partial charge in [-0.05, 0) is 105 Å². The Morgan fingerprint density at radius 2 is 0.627 bits per heavy atom. The van der Waals surface area contributed by atoms with Gasteiger partial charge < -0.3 is 19.8 Å². The monoisotopic (exact) mass is 741 g/mol. The Kier molecular flexibility index (Phi) is 43.0. The molecule has 0 spiro atoms. The van der Waals surface area contributed by atoms with E-state index in [9.17, 15) is 19.8 Å². The molecule has 0 aromatic carbocycles. The van der Waals surface area contributed by atoms with Gasteiger partial charge in [-0.1, -0.05) is 128 Å². The summed E-state index contributed by atoms with van der Waals surface area (Å²) in [6, 6.07) is 1.03. The molecule has 6 nitrogen and oxygen atoms in total. The molecule has 0 aliphatic carbocycles. The van der Waals surface area contributed by atoms with Crippen LogP contribution in [0, 0.1) is 0 Å². The SMILES string of the molecule is CCCC/C=C/CCC(C)N(CC(=O)[O-])C(C)CC/C=C/CCCC.CCCC/C=C/CCC(C)N(CC(=O)[O-])C(C)CC/C=C/CCCC.[Ca+2]. The number of hydrogen-bond acceptors (Lipinski definition) is 6. The van der Waals surface area contributed by atoms with Crippen molar-refractivity contribution < 1.29 is 19.8 Å². The minimum Gasteiger partial charge on any atom is -0.549 e. The van der Waals surface area contributed by atoms with Crippen molar-refractivity contribution in [2.75, 3.05) is 13.1 Å². The van der Waals surface area contributed by atoms with E-state index in [-0.39, 0.29) is 75.0 Å². The zero-order chi connectivity index (χ0) is 37.8. The van der Waals surface area contributed by atoms with E-state index in [0.717, 1.165) is 77.0 Å². The van der Waals surface area contributed by atoms with E-state index >= 15 is 0 Å². The molecule has 0 amide bonds. The number of aliphatic carboxylic acids is 2. The summed E-state index contributed by atoms with van der Waals surface area (Å²) in [6.07, 6.45) is 40.5. The van der Waals surface area contributed by atoms with Gasteiger partial charge in [-0.25, -0.2) is 0 Å². The second-order valence-electron chi connectivity index (χ2n) is 14.2. The Hall–Kier alpha value is -0.920. The van der Waals surface area contributed by atoms with Crippen LogP contribution in [0.25, 0.3) is 0 Å². The van der Waals surface area contributed by atoms with Crippen LogP contribution in [0.1, 0.15) is 184 Å². The van der Waals surface area contributed by atoms with E-state index in [0.29, 0.717) is 0 Å². The predicted octanol–water partition coefficient (Wildman–Crippen LogP) is 9.36. The summed E-state index contributed by atoms with van der Waals surface area (Å²) < 4.78 is 0. The van der Waals surface area contributed by atoms with Crippen molar-refractivity contribution in [3.63, 3.8) is 0 Å². The number of nitrogens with zero attached hydrogens (tertiary/aromatic N) is 2. The molecule has 0 aromatic heterocycles. The Balaban J connectivity index is -0.000000886. The summed E-state index contributed by atoms with van der Waals surface area (Å²) in [5.41, 5.74) is 0. The third-order valence-corrected chi connectivity index (χ3v) is 9.46. The van der Waals surface area contributed by atoms with Gasteiger partial charge in [0, 0.05) is 37.3 Å². The van der Waals surface area contributed by atoms with Gasteiger partial charge in [0.05, 0.1) is 11.9 Å². The van der Waals surface area contributed by atoms with Gasteiger partial charge in [0.1, 0.15) is 0 Å². The van der Waals surface area contributed by atoms with Crippen LogP contribution in [0.4, 0.5) is 0 Å². The second-order valence-corrected chi connectivity index (χ2v) is 14.2. The zero-order valence-electron chi connectivity index (χ0n) is 34.7. The number of carboxylic acids is 2. The molecule has 292 valence electrons. The molecule has 0 bridgehead atoms. The van der Waals surface area contributed by atoms with Crippen LogP contribution in [0.3, 0.4) is 0 Å². The summed E-state index contributed by atoms with van der Waals surface area (Å²) in [5.74, 6) is -1.95. The molecule has 0 rings (SSSR count). The van der Waals surface area contributed by atoms with Crippen molar-refractivity contribution in [2.45, 2.75) is 208 Å². The van der Waals surface area contributed by atoms with E-state index in [1.807, 2.05) is 0 Å². The van der Waals surface area contributed by atoms with Gasteiger partial charge in [-0.15, -0.1) is 0 Å². The van der Waals surface area contributed by atoms with Crippen LogP contribution in [-0.4, -0.2) is 96.7 Å². The van der Waals surface area contributed by atoms with Gasteiger partial charge in [-0.3, -0.25) is 9.80 Å². The smallest absolute Gasteiger partial charge is 0.549 e. The minimum absolute atomic E-state index is 0. The van der Waals surface area contributed by atoms with Crippen LogP contribution in [0.2, 0.25) is 0 Å². The maximum absolute atomic E-state index is 11.1. The molecule has 0 aliphatic heterocycles. The number of hydrogen-bond donors (Lipinski definition) is 0. The van der Waals surface area contributed by atoms with Crippen LogP contribution in [0.15, 0.2) is 48.6 Å². The molecule has 0 saturated heterocycles. The van der Waals surface area contributed by atoms with Gasteiger partial charge in [0.25, 0.3) is 0 Å². The first-order valence-corrected chi connectivity index (χ1v) is 20.6. The summed E-state index contributed by atoms with van der Waals surface area (Å²) in [5, 5.41) is 22.3. The van der Waals surface area contributed by atoms with E-state index in [1.165, 1.54) is 51.4 Å². The fourth-order valence-electron chi connectivity index (χ4n) is 6.03. The summed E-state index contributed by atoms with van der Waals surface area (Å²) >= 11 is 0. The molecule has 0 N–H and O–H groups in total. The van der Waals surface area contributed by atoms with Crippen molar-refractivity contribution in [2.24, 2.45) is 0 Å². The maximum Gasteiger partial charge on any atom is 2.00 e. The first-order chi connectivity index (χ1) is 24.0. The molecule has 7 heteroatoms. The molecular weight excluding hydrogens is 661 g/mol. The third-order valence-electron chi connectivity index (χ3n) is 9.46. The molecule has 4 atom stereocenters. The van der Waals surface area contributed by atoms with E-state index in [2.05, 4.69) is 114 Å². The largest absolute Gasteiger partial charge is 2.00 e. The van der Waals surface area contributed by atoms with Crippen molar-refractivity contribution in [3.05, 3.63) is 48.6 Å². The molecule has 0 saturated carbocycles. The van der Waals surface area contributed by atoms with Crippen LogP contribution in [-0.2, 0) is 9.59 Å². The quantitative estimate of drug-likeness (QED) is 0.0388. The Labute approximate surface area is 346 Å². The number of unbranched alkanes of at least 4 members (excludes halogenated alkanes) is 8. The van der Waals surface area contributed by atoms with Gasteiger partial charge >= 0.3 is 37.7 Å². The van der Waals surface area contributed by atoms with E-state index < -0.39 is 11.9 Å². The Morgan fingerprint density at radius 3 is 0.804 bits per heavy atom. The van der Waals surface area contributed by atoms with E-state index in [4.69, 9.17) is 0 Å². The van der Waals surface area contributed by atoms with E-state index in [1.54, 1.807) is 0 Å². The van der Waals surface area contributed by atoms with Crippen LogP contribution < -0.4 is 10.2 Å². The first kappa shape index (κ1) is 54.4. The molecule has 0 radical (unpaired) electrons. The Bertz CT molecular complexity index is 776. The summed E-state index contributed by atoms with van der Waals surface area (Å²) in [4.78, 5) is 26.5. The number of carbonyl (C=O) groups excluding carboxylic acids is 2.